The Morgan fingerprint density at radius 2 is 2.29 bits per heavy atom. The van der Waals surface area contributed by atoms with Crippen LogP contribution in [-0.2, 0) is 6.42 Å². The lowest BCUT2D eigenvalue weighted by molar-refractivity contribution is 0.265. The first-order chi connectivity index (χ1) is 6.69. The minimum atomic E-state index is -0.278. The standard InChI is InChI=1S/C10H14ClNO2/c1-14-9-4-2-3-7(10(9)11)5-8(12)6-13/h2-4,8,13H,5-6,12H2,1H3. The van der Waals surface area contributed by atoms with Crippen molar-refractivity contribution in [1.29, 1.82) is 0 Å². The van der Waals surface area contributed by atoms with E-state index in [2.05, 4.69) is 0 Å². The molecule has 14 heavy (non-hydrogen) atoms. The average Bonchev–Trinajstić information content (AvgIpc) is 2.21. The lowest BCUT2D eigenvalue weighted by Crippen LogP contribution is -2.26. The molecular formula is C10H14ClNO2. The van der Waals surface area contributed by atoms with Gasteiger partial charge in [-0.2, -0.15) is 0 Å². The van der Waals surface area contributed by atoms with E-state index in [4.69, 9.17) is 27.2 Å². The van der Waals surface area contributed by atoms with Crippen LogP contribution in [0, 0.1) is 0 Å². The highest BCUT2D eigenvalue weighted by Crippen LogP contribution is 2.28. The van der Waals surface area contributed by atoms with Crippen molar-refractivity contribution in [2.24, 2.45) is 5.73 Å². The molecule has 0 saturated heterocycles. The van der Waals surface area contributed by atoms with Gasteiger partial charge in [-0.1, -0.05) is 23.7 Å². The molecular weight excluding hydrogens is 202 g/mol. The number of rotatable bonds is 4. The highest BCUT2D eigenvalue weighted by atomic mass is 35.5. The predicted molar refractivity (Wildman–Crippen MR) is 56.8 cm³/mol. The maximum atomic E-state index is 8.81. The maximum absolute atomic E-state index is 8.81. The van der Waals surface area contributed by atoms with Gasteiger partial charge in [-0.25, -0.2) is 0 Å². The molecule has 1 aromatic carbocycles. The second-order valence-electron chi connectivity index (χ2n) is 3.08. The normalized spacial score (nSPS) is 12.6. The molecule has 1 aromatic rings. The van der Waals surface area contributed by atoms with E-state index in [1.54, 1.807) is 13.2 Å². The smallest absolute Gasteiger partial charge is 0.137 e. The summed E-state index contributed by atoms with van der Waals surface area (Å²) in [4.78, 5) is 0. The topological polar surface area (TPSA) is 55.5 Å². The number of benzene rings is 1. The van der Waals surface area contributed by atoms with Crippen LogP contribution in [0.1, 0.15) is 5.56 Å². The molecule has 0 bridgehead atoms. The first kappa shape index (κ1) is 11.3. The summed E-state index contributed by atoms with van der Waals surface area (Å²) >= 11 is 6.05. The first-order valence-electron chi connectivity index (χ1n) is 4.36. The summed E-state index contributed by atoms with van der Waals surface area (Å²) in [5.41, 5.74) is 6.51. The molecule has 0 heterocycles. The van der Waals surface area contributed by atoms with Crippen molar-refractivity contribution in [1.82, 2.24) is 0 Å². The van der Waals surface area contributed by atoms with Crippen LogP contribution >= 0.6 is 11.6 Å². The van der Waals surface area contributed by atoms with Crippen LogP contribution in [0.2, 0.25) is 5.02 Å². The first-order valence-corrected chi connectivity index (χ1v) is 4.74. The number of ether oxygens (including phenoxy) is 1. The van der Waals surface area contributed by atoms with Gasteiger partial charge >= 0.3 is 0 Å². The van der Waals surface area contributed by atoms with Gasteiger partial charge in [0.15, 0.2) is 0 Å². The van der Waals surface area contributed by atoms with E-state index in [9.17, 15) is 0 Å². The van der Waals surface area contributed by atoms with Gasteiger partial charge in [0.2, 0.25) is 0 Å². The summed E-state index contributed by atoms with van der Waals surface area (Å²) in [5, 5.41) is 9.38. The summed E-state index contributed by atoms with van der Waals surface area (Å²) in [6.07, 6.45) is 0.548. The number of halogens is 1. The second kappa shape index (κ2) is 5.20. The van der Waals surface area contributed by atoms with E-state index in [1.165, 1.54) is 0 Å². The van der Waals surface area contributed by atoms with Crippen LogP contribution in [0.25, 0.3) is 0 Å². The van der Waals surface area contributed by atoms with Gasteiger partial charge < -0.3 is 15.6 Å². The molecule has 0 saturated carbocycles. The molecule has 0 aromatic heterocycles. The van der Waals surface area contributed by atoms with Crippen LogP contribution < -0.4 is 10.5 Å². The zero-order valence-corrected chi connectivity index (χ0v) is 8.79. The van der Waals surface area contributed by atoms with Gasteiger partial charge in [-0.15, -0.1) is 0 Å². The minimum absolute atomic E-state index is 0.0481. The van der Waals surface area contributed by atoms with Gasteiger partial charge in [-0.05, 0) is 18.1 Å². The number of methoxy groups -OCH3 is 1. The van der Waals surface area contributed by atoms with Crippen molar-refractivity contribution in [3.63, 3.8) is 0 Å². The molecule has 1 unspecified atom stereocenters. The molecule has 3 N–H and O–H groups in total. The Hall–Kier alpha value is -0.770. The SMILES string of the molecule is COc1cccc(CC(N)CO)c1Cl. The van der Waals surface area contributed by atoms with Gasteiger partial charge in [0.1, 0.15) is 5.75 Å². The fourth-order valence-electron chi connectivity index (χ4n) is 1.22. The molecule has 0 fully saturated rings. The third-order valence-corrected chi connectivity index (χ3v) is 2.41. The highest BCUT2D eigenvalue weighted by Gasteiger charge is 2.09. The molecule has 0 aliphatic rings. The Kier molecular flexibility index (Phi) is 4.20. The van der Waals surface area contributed by atoms with Crippen LogP contribution in [0.5, 0.6) is 5.75 Å². The molecule has 0 spiro atoms. The molecule has 3 nitrogen and oxygen atoms in total. The maximum Gasteiger partial charge on any atom is 0.137 e. The fraction of sp³-hybridized carbons (Fsp3) is 0.400. The molecule has 1 rings (SSSR count). The minimum Gasteiger partial charge on any atom is -0.495 e. The summed E-state index contributed by atoms with van der Waals surface area (Å²) in [5.74, 6) is 0.634. The van der Waals surface area contributed by atoms with E-state index in [-0.39, 0.29) is 12.6 Å². The van der Waals surface area contributed by atoms with Gasteiger partial charge in [-0.3, -0.25) is 0 Å². The Morgan fingerprint density at radius 1 is 1.57 bits per heavy atom. The Labute approximate surface area is 88.4 Å². The van der Waals surface area contributed by atoms with E-state index in [1.807, 2.05) is 12.1 Å². The van der Waals surface area contributed by atoms with Crippen molar-refractivity contribution >= 4 is 11.6 Å². The van der Waals surface area contributed by atoms with Crippen molar-refractivity contribution in [2.75, 3.05) is 13.7 Å². The predicted octanol–water partition coefficient (Wildman–Crippen LogP) is 1.21. The van der Waals surface area contributed by atoms with Crippen molar-refractivity contribution in [2.45, 2.75) is 12.5 Å². The number of nitrogens with two attached hydrogens (primary N) is 1. The lowest BCUT2D eigenvalue weighted by Gasteiger charge is -2.11. The molecule has 1 atom stereocenters. The highest BCUT2D eigenvalue weighted by molar-refractivity contribution is 6.32. The largest absolute Gasteiger partial charge is 0.495 e. The summed E-state index contributed by atoms with van der Waals surface area (Å²) in [7, 11) is 1.57. The molecule has 0 aliphatic carbocycles. The molecule has 0 aliphatic heterocycles. The Bertz CT molecular complexity index is 304. The van der Waals surface area contributed by atoms with Crippen LogP contribution in [-0.4, -0.2) is 24.9 Å². The van der Waals surface area contributed by atoms with Crippen molar-refractivity contribution in [3.05, 3.63) is 28.8 Å². The van der Waals surface area contributed by atoms with Gasteiger partial charge in [0.25, 0.3) is 0 Å². The molecule has 0 radical (unpaired) electrons. The zero-order chi connectivity index (χ0) is 10.6. The third kappa shape index (κ3) is 2.61. The Balaban J connectivity index is 2.86. The number of hydrogen-bond acceptors (Lipinski definition) is 3. The molecule has 0 amide bonds. The Morgan fingerprint density at radius 3 is 2.86 bits per heavy atom. The number of aliphatic hydroxyl groups excluding tert-OH is 1. The van der Waals surface area contributed by atoms with Crippen molar-refractivity contribution < 1.29 is 9.84 Å². The summed E-state index contributed by atoms with van der Waals surface area (Å²) < 4.78 is 5.07. The molecule has 78 valence electrons. The van der Waals surface area contributed by atoms with E-state index in [0.29, 0.717) is 17.2 Å². The number of aliphatic hydroxyl groups is 1. The second-order valence-corrected chi connectivity index (χ2v) is 3.46. The van der Waals surface area contributed by atoms with E-state index >= 15 is 0 Å². The van der Waals surface area contributed by atoms with Gasteiger partial charge in [0.05, 0.1) is 18.7 Å². The lowest BCUT2D eigenvalue weighted by atomic mass is 10.1. The molecule has 4 heteroatoms. The zero-order valence-electron chi connectivity index (χ0n) is 8.03. The fourth-order valence-corrected chi connectivity index (χ4v) is 1.50. The number of hydrogen-bond donors (Lipinski definition) is 2. The van der Waals surface area contributed by atoms with E-state index in [0.717, 1.165) is 5.56 Å². The van der Waals surface area contributed by atoms with Crippen molar-refractivity contribution in [3.8, 4) is 5.75 Å². The quantitative estimate of drug-likeness (QED) is 0.794. The van der Waals surface area contributed by atoms with Gasteiger partial charge in [0, 0.05) is 6.04 Å². The summed E-state index contributed by atoms with van der Waals surface area (Å²) in [6.45, 7) is -0.0481. The third-order valence-electron chi connectivity index (χ3n) is 1.98. The van der Waals surface area contributed by atoms with Crippen LogP contribution in [0.4, 0.5) is 0 Å². The van der Waals surface area contributed by atoms with Crippen LogP contribution in [0.3, 0.4) is 0 Å². The monoisotopic (exact) mass is 215 g/mol. The average molecular weight is 216 g/mol. The van der Waals surface area contributed by atoms with E-state index < -0.39 is 0 Å². The summed E-state index contributed by atoms with van der Waals surface area (Å²) in [6, 6.07) is 5.24. The van der Waals surface area contributed by atoms with Crippen LogP contribution in [0.15, 0.2) is 18.2 Å².